The first-order valence-corrected chi connectivity index (χ1v) is 8.54. The molecule has 1 aromatic carbocycles. The van der Waals surface area contributed by atoms with Crippen LogP contribution in [-0.2, 0) is 14.8 Å². The smallest absolute Gasteiger partial charge is 0.307 e. The molecule has 0 saturated carbocycles. The fraction of sp³-hybridized carbons (Fsp3) is 0.462. The van der Waals surface area contributed by atoms with E-state index >= 15 is 0 Å². The molecule has 0 radical (unpaired) electrons. The average Bonchev–Trinajstić information content (AvgIpc) is 2.37. The lowest BCUT2D eigenvalue weighted by Gasteiger charge is -2.29. The minimum absolute atomic E-state index is 0.0449. The van der Waals surface area contributed by atoms with Gasteiger partial charge in [-0.2, -0.15) is 4.31 Å². The monoisotopic (exact) mass is 361 g/mol. The summed E-state index contributed by atoms with van der Waals surface area (Å²) in [7, 11) is -3.63. The van der Waals surface area contributed by atoms with E-state index in [1.807, 2.05) is 13.0 Å². The number of nitrogens with zero attached hydrogens (tertiary/aromatic N) is 1. The summed E-state index contributed by atoms with van der Waals surface area (Å²) >= 11 is 3.29. The van der Waals surface area contributed by atoms with Crippen molar-refractivity contribution in [2.45, 2.75) is 24.7 Å². The van der Waals surface area contributed by atoms with Crippen LogP contribution in [-0.4, -0.2) is 36.9 Å². The van der Waals surface area contributed by atoms with Gasteiger partial charge in [0.25, 0.3) is 0 Å². The molecule has 7 heteroatoms. The molecular weight excluding hydrogens is 346 g/mol. The molecule has 0 amide bonds. The van der Waals surface area contributed by atoms with E-state index in [1.54, 1.807) is 12.1 Å². The summed E-state index contributed by atoms with van der Waals surface area (Å²) in [4.78, 5) is 11.2. The van der Waals surface area contributed by atoms with E-state index in [0.717, 1.165) is 5.56 Å². The molecule has 110 valence electrons. The summed E-state index contributed by atoms with van der Waals surface area (Å²) in [6.07, 6.45) is 1.10. The minimum atomic E-state index is -3.63. The van der Waals surface area contributed by atoms with Crippen molar-refractivity contribution in [2.24, 2.45) is 5.92 Å². The third-order valence-corrected chi connectivity index (χ3v) is 5.69. The van der Waals surface area contributed by atoms with Crippen LogP contribution in [0.25, 0.3) is 0 Å². The molecule has 0 aromatic heterocycles. The predicted molar refractivity (Wildman–Crippen MR) is 78.0 cm³/mol. The summed E-state index contributed by atoms with van der Waals surface area (Å²) in [5, 5.41) is 9.05. The molecule has 2 rings (SSSR count). The Morgan fingerprint density at radius 1 is 1.40 bits per heavy atom. The van der Waals surface area contributed by atoms with Crippen LogP contribution in [0.15, 0.2) is 27.6 Å². The Labute approximate surface area is 126 Å². The van der Waals surface area contributed by atoms with Gasteiger partial charge in [-0.15, -0.1) is 0 Å². The van der Waals surface area contributed by atoms with Crippen molar-refractivity contribution >= 4 is 31.9 Å². The lowest BCUT2D eigenvalue weighted by Crippen LogP contribution is -2.42. The molecule has 1 saturated heterocycles. The molecule has 0 aliphatic carbocycles. The Hall–Kier alpha value is -0.920. The van der Waals surface area contributed by atoms with Crippen LogP contribution in [0, 0.1) is 12.8 Å². The van der Waals surface area contributed by atoms with E-state index in [-0.39, 0.29) is 11.4 Å². The van der Waals surface area contributed by atoms with Gasteiger partial charge in [0.2, 0.25) is 10.0 Å². The predicted octanol–water partition coefficient (Wildman–Crippen LogP) is 2.24. The van der Waals surface area contributed by atoms with Crippen molar-refractivity contribution in [1.82, 2.24) is 4.31 Å². The number of halogens is 1. The van der Waals surface area contributed by atoms with Crippen LogP contribution in [0.4, 0.5) is 0 Å². The molecule has 1 aromatic rings. The number of sulfonamides is 1. The van der Waals surface area contributed by atoms with Crippen molar-refractivity contribution in [1.29, 1.82) is 0 Å². The number of hydrogen-bond acceptors (Lipinski definition) is 3. The Morgan fingerprint density at radius 2 is 2.10 bits per heavy atom. The number of carbonyl (C=O) groups is 1. The molecule has 1 atom stereocenters. The molecule has 1 N–H and O–H groups in total. The molecule has 1 unspecified atom stereocenters. The third kappa shape index (κ3) is 3.21. The van der Waals surface area contributed by atoms with Crippen molar-refractivity contribution in [3.63, 3.8) is 0 Å². The van der Waals surface area contributed by atoms with Crippen LogP contribution in [0.1, 0.15) is 18.4 Å². The van der Waals surface area contributed by atoms with E-state index in [9.17, 15) is 13.2 Å². The standard InChI is InChI=1S/C13H16BrNO4S/c1-9-5-11(14)7-12(6-9)20(18,19)15-4-2-3-10(8-15)13(16)17/h5-7,10H,2-4,8H2,1H3,(H,16,17). The molecule has 20 heavy (non-hydrogen) atoms. The SMILES string of the molecule is Cc1cc(Br)cc(S(=O)(=O)N2CCCC(C(=O)O)C2)c1. The highest BCUT2D eigenvalue weighted by atomic mass is 79.9. The first-order chi connectivity index (χ1) is 9.30. The first kappa shape index (κ1) is 15.5. The summed E-state index contributed by atoms with van der Waals surface area (Å²) in [6, 6.07) is 4.98. The van der Waals surface area contributed by atoms with Gasteiger partial charge in [-0.05, 0) is 43.5 Å². The second-order valence-electron chi connectivity index (χ2n) is 5.00. The Balaban J connectivity index is 2.32. The maximum atomic E-state index is 12.6. The van der Waals surface area contributed by atoms with Crippen LogP contribution in [0.3, 0.4) is 0 Å². The zero-order chi connectivity index (χ0) is 14.9. The van der Waals surface area contributed by atoms with Gasteiger partial charge in [-0.25, -0.2) is 8.42 Å². The Morgan fingerprint density at radius 3 is 2.70 bits per heavy atom. The van der Waals surface area contributed by atoms with E-state index in [2.05, 4.69) is 15.9 Å². The lowest BCUT2D eigenvalue weighted by molar-refractivity contribution is -0.142. The minimum Gasteiger partial charge on any atom is -0.481 e. The fourth-order valence-electron chi connectivity index (χ4n) is 2.36. The van der Waals surface area contributed by atoms with Gasteiger partial charge in [0, 0.05) is 17.6 Å². The second kappa shape index (κ2) is 5.83. The molecular formula is C13H16BrNO4S. The quantitative estimate of drug-likeness (QED) is 0.895. The van der Waals surface area contributed by atoms with Gasteiger partial charge in [0.1, 0.15) is 0 Å². The molecule has 1 fully saturated rings. The second-order valence-corrected chi connectivity index (χ2v) is 7.86. The Bertz CT molecular complexity index is 609. The maximum absolute atomic E-state index is 12.6. The van der Waals surface area contributed by atoms with Crippen molar-refractivity contribution in [3.8, 4) is 0 Å². The highest BCUT2D eigenvalue weighted by Crippen LogP contribution is 2.26. The number of piperidine rings is 1. The van der Waals surface area contributed by atoms with E-state index < -0.39 is 21.9 Å². The largest absolute Gasteiger partial charge is 0.481 e. The molecule has 1 aliphatic heterocycles. The van der Waals surface area contributed by atoms with Crippen LogP contribution in [0.5, 0.6) is 0 Å². The summed E-state index contributed by atoms with van der Waals surface area (Å²) in [5.74, 6) is -1.55. The van der Waals surface area contributed by atoms with Gasteiger partial charge < -0.3 is 5.11 Å². The summed E-state index contributed by atoms with van der Waals surface area (Å²) in [6.45, 7) is 2.24. The lowest BCUT2D eigenvalue weighted by atomic mass is 10.0. The van der Waals surface area contributed by atoms with Crippen LogP contribution < -0.4 is 0 Å². The van der Waals surface area contributed by atoms with Gasteiger partial charge in [0.05, 0.1) is 10.8 Å². The van der Waals surface area contributed by atoms with Crippen LogP contribution >= 0.6 is 15.9 Å². The third-order valence-electron chi connectivity index (χ3n) is 3.39. The number of aliphatic carboxylic acids is 1. The van der Waals surface area contributed by atoms with E-state index in [4.69, 9.17) is 5.11 Å². The highest BCUT2D eigenvalue weighted by molar-refractivity contribution is 9.10. The number of benzene rings is 1. The zero-order valence-corrected chi connectivity index (χ0v) is 13.4. The number of carboxylic acid groups (broad SMARTS) is 1. The number of carboxylic acids is 1. The molecule has 0 bridgehead atoms. The molecule has 0 spiro atoms. The summed E-state index contributed by atoms with van der Waals surface area (Å²) < 4.78 is 27.1. The number of aryl methyl sites for hydroxylation is 1. The number of hydrogen-bond donors (Lipinski definition) is 1. The van der Waals surface area contributed by atoms with E-state index in [1.165, 1.54) is 4.31 Å². The molecule has 5 nitrogen and oxygen atoms in total. The Kier molecular flexibility index (Phi) is 4.51. The topological polar surface area (TPSA) is 74.7 Å². The number of rotatable bonds is 3. The van der Waals surface area contributed by atoms with Crippen molar-refractivity contribution in [3.05, 3.63) is 28.2 Å². The average molecular weight is 362 g/mol. The molecule has 1 heterocycles. The van der Waals surface area contributed by atoms with Crippen molar-refractivity contribution in [2.75, 3.05) is 13.1 Å². The zero-order valence-electron chi connectivity index (χ0n) is 11.0. The summed E-state index contributed by atoms with van der Waals surface area (Å²) in [5.41, 5.74) is 0.838. The van der Waals surface area contributed by atoms with Gasteiger partial charge in [-0.3, -0.25) is 4.79 Å². The molecule has 1 aliphatic rings. The van der Waals surface area contributed by atoms with Crippen LogP contribution in [0.2, 0.25) is 0 Å². The van der Waals surface area contributed by atoms with Crippen molar-refractivity contribution < 1.29 is 18.3 Å². The van der Waals surface area contributed by atoms with E-state index in [0.29, 0.717) is 23.9 Å². The normalized spacial score (nSPS) is 20.8. The fourth-order valence-corrected chi connectivity index (χ4v) is 4.78. The highest BCUT2D eigenvalue weighted by Gasteiger charge is 2.33. The van der Waals surface area contributed by atoms with Gasteiger partial charge in [-0.1, -0.05) is 15.9 Å². The van der Waals surface area contributed by atoms with Gasteiger partial charge in [0.15, 0.2) is 0 Å². The first-order valence-electron chi connectivity index (χ1n) is 6.31. The van der Waals surface area contributed by atoms with Gasteiger partial charge >= 0.3 is 5.97 Å². The maximum Gasteiger partial charge on any atom is 0.307 e.